The van der Waals surface area contributed by atoms with Gasteiger partial charge in [-0.2, -0.15) is 0 Å². The summed E-state index contributed by atoms with van der Waals surface area (Å²) in [7, 11) is 0. The first-order chi connectivity index (χ1) is 11.1. The molecule has 4 N–H and O–H groups in total. The number of aryl methyl sites for hydroxylation is 1. The molecule has 1 aromatic carbocycles. The Hall–Kier alpha value is -2.12. The summed E-state index contributed by atoms with van der Waals surface area (Å²) in [5.74, 6) is -1.35. The average Bonchev–Trinajstić information content (AvgIpc) is 2.55. The Morgan fingerprint density at radius 1 is 1.26 bits per heavy atom. The third-order valence-electron chi connectivity index (χ3n) is 3.70. The first-order valence-electron chi connectivity index (χ1n) is 7.81. The number of carbonyl (C=O) groups excluding carboxylic acids is 2. The largest absolute Gasteiger partial charge is 0.397 e. The van der Waals surface area contributed by atoms with E-state index in [9.17, 15) is 9.59 Å². The van der Waals surface area contributed by atoms with Gasteiger partial charge in [-0.3, -0.25) is 14.5 Å². The highest BCUT2D eigenvalue weighted by atomic mass is 16.5. The molecule has 0 unspecified atom stereocenters. The van der Waals surface area contributed by atoms with Gasteiger partial charge in [0.1, 0.15) is 0 Å². The third-order valence-corrected chi connectivity index (χ3v) is 3.70. The Bertz CT molecular complexity index is 556. The molecule has 126 valence electrons. The predicted molar refractivity (Wildman–Crippen MR) is 89.1 cm³/mol. The molecular formula is C16H24N4O3. The zero-order valence-corrected chi connectivity index (χ0v) is 13.4. The minimum atomic E-state index is -0.702. The maximum atomic E-state index is 11.8. The van der Waals surface area contributed by atoms with Gasteiger partial charge < -0.3 is 21.1 Å². The number of nitrogens with zero attached hydrogens (tertiary/aromatic N) is 1. The van der Waals surface area contributed by atoms with Crippen molar-refractivity contribution in [2.24, 2.45) is 0 Å². The van der Waals surface area contributed by atoms with Crippen LogP contribution in [0.4, 0.5) is 11.4 Å². The van der Waals surface area contributed by atoms with Crippen LogP contribution in [0.25, 0.3) is 0 Å². The van der Waals surface area contributed by atoms with Gasteiger partial charge in [-0.15, -0.1) is 0 Å². The predicted octanol–water partition coefficient (Wildman–Crippen LogP) is 0.354. The lowest BCUT2D eigenvalue weighted by Crippen LogP contribution is -2.39. The Labute approximate surface area is 136 Å². The highest BCUT2D eigenvalue weighted by Crippen LogP contribution is 2.19. The lowest BCUT2D eigenvalue weighted by Gasteiger charge is -2.26. The van der Waals surface area contributed by atoms with Gasteiger partial charge in [-0.1, -0.05) is 6.07 Å². The van der Waals surface area contributed by atoms with Crippen LogP contribution in [0.2, 0.25) is 0 Å². The van der Waals surface area contributed by atoms with Crippen LogP contribution in [-0.4, -0.2) is 56.1 Å². The number of anilines is 2. The Morgan fingerprint density at radius 3 is 2.70 bits per heavy atom. The SMILES string of the molecule is Cc1ccc(NC(=O)C(=O)NCCCN2CCOCC2)c(N)c1. The van der Waals surface area contributed by atoms with E-state index in [2.05, 4.69) is 15.5 Å². The number of hydrogen-bond acceptors (Lipinski definition) is 5. The van der Waals surface area contributed by atoms with Gasteiger partial charge in [0.25, 0.3) is 0 Å². The summed E-state index contributed by atoms with van der Waals surface area (Å²) in [5.41, 5.74) is 7.70. The van der Waals surface area contributed by atoms with Crippen LogP contribution in [0.1, 0.15) is 12.0 Å². The minimum absolute atomic E-state index is 0.443. The summed E-state index contributed by atoms with van der Waals surface area (Å²) < 4.78 is 5.27. The van der Waals surface area contributed by atoms with Gasteiger partial charge in [0.2, 0.25) is 0 Å². The molecule has 1 heterocycles. The van der Waals surface area contributed by atoms with Gasteiger partial charge in [0.15, 0.2) is 0 Å². The van der Waals surface area contributed by atoms with E-state index >= 15 is 0 Å². The molecule has 1 fully saturated rings. The number of carbonyl (C=O) groups is 2. The van der Waals surface area contributed by atoms with E-state index in [1.54, 1.807) is 12.1 Å². The number of ether oxygens (including phenoxy) is 1. The van der Waals surface area contributed by atoms with Crippen LogP contribution in [-0.2, 0) is 14.3 Å². The summed E-state index contributed by atoms with van der Waals surface area (Å²) in [6.45, 7) is 6.61. The number of morpholine rings is 1. The number of hydrogen-bond donors (Lipinski definition) is 3. The summed E-state index contributed by atoms with van der Waals surface area (Å²) in [6.07, 6.45) is 0.797. The molecule has 1 aliphatic heterocycles. The fraction of sp³-hybridized carbons (Fsp3) is 0.500. The molecule has 0 aliphatic carbocycles. The number of rotatable bonds is 5. The zero-order valence-electron chi connectivity index (χ0n) is 13.4. The highest BCUT2D eigenvalue weighted by Gasteiger charge is 2.15. The molecule has 0 spiro atoms. The van der Waals surface area contributed by atoms with E-state index in [0.29, 0.717) is 17.9 Å². The first-order valence-corrected chi connectivity index (χ1v) is 7.81. The van der Waals surface area contributed by atoms with Gasteiger partial charge in [-0.05, 0) is 37.6 Å². The van der Waals surface area contributed by atoms with Crippen molar-refractivity contribution in [1.82, 2.24) is 10.2 Å². The van der Waals surface area contributed by atoms with Crippen molar-refractivity contribution in [2.75, 3.05) is 50.4 Å². The summed E-state index contributed by atoms with van der Waals surface area (Å²) in [4.78, 5) is 25.9. The van der Waals surface area contributed by atoms with Gasteiger partial charge in [0, 0.05) is 19.6 Å². The van der Waals surface area contributed by atoms with E-state index in [-0.39, 0.29) is 0 Å². The molecule has 0 aromatic heterocycles. The first kappa shape index (κ1) is 17.2. The number of nitrogens with one attached hydrogen (secondary N) is 2. The molecule has 0 bridgehead atoms. The van der Waals surface area contributed by atoms with E-state index in [1.165, 1.54) is 0 Å². The van der Waals surface area contributed by atoms with Crippen molar-refractivity contribution < 1.29 is 14.3 Å². The van der Waals surface area contributed by atoms with Crippen molar-refractivity contribution in [3.63, 3.8) is 0 Å². The molecule has 1 aliphatic rings. The monoisotopic (exact) mass is 320 g/mol. The van der Waals surface area contributed by atoms with E-state index in [1.807, 2.05) is 13.0 Å². The van der Waals surface area contributed by atoms with Crippen molar-refractivity contribution in [3.05, 3.63) is 23.8 Å². The van der Waals surface area contributed by atoms with Crippen LogP contribution in [0.5, 0.6) is 0 Å². The zero-order chi connectivity index (χ0) is 16.7. The van der Waals surface area contributed by atoms with Crippen molar-refractivity contribution in [2.45, 2.75) is 13.3 Å². The molecule has 7 nitrogen and oxygen atoms in total. The van der Waals surface area contributed by atoms with E-state index in [0.717, 1.165) is 44.8 Å². The molecule has 1 saturated heterocycles. The highest BCUT2D eigenvalue weighted by molar-refractivity contribution is 6.39. The van der Waals surface area contributed by atoms with Crippen molar-refractivity contribution >= 4 is 23.2 Å². The Balaban J connectivity index is 1.69. The molecule has 0 radical (unpaired) electrons. The topological polar surface area (TPSA) is 96.7 Å². The van der Waals surface area contributed by atoms with Crippen LogP contribution in [0.3, 0.4) is 0 Å². The Morgan fingerprint density at radius 2 is 2.00 bits per heavy atom. The van der Waals surface area contributed by atoms with E-state index < -0.39 is 11.8 Å². The molecule has 0 atom stereocenters. The second-order valence-corrected chi connectivity index (χ2v) is 5.61. The molecule has 0 saturated carbocycles. The van der Waals surface area contributed by atoms with Crippen LogP contribution in [0, 0.1) is 6.92 Å². The van der Waals surface area contributed by atoms with Crippen LogP contribution < -0.4 is 16.4 Å². The van der Waals surface area contributed by atoms with Gasteiger partial charge in [0.05, 0.1) is 24.6 Å². The normalized spacial score (nSPS) is 15.2. The second-order valence-electron chi connectivity index (χ2n) is 5.61. The fourth-order valence-corrected chi connectivity index (χ4v) is 2.38. The third kappa shape index (κ3) is 5.54. The number of nitrogen functional groups attached to an aromatic ring is 1. The molecule has 7 heteroatoms. The summed E-state index contributed by atoms with van der Waals surface area (Å²) in [6, 6.07) is 5.26. The molecular weight excluding hydrogens is 296 g/mol. The van der Waals surface area contributed by atoms with Gasteiger partial charge >= 0.3 is 11.8 Å². The number of amides is 2. The summed E-state index contributed by atoms with van der Waals surface area (Å²) >= 11 is 0. The maximum Gasteiger partial charge on any atom is 0.313 e. The fourth-order valence-electron chi connectivity index (χ4n) is 2.38. The summed E-state index contributed by atoms with van der Waals surface area (Å²) in [5, 5.41) is 5.15. The minimum Gasteiger partial charge on any atom is -0.397 e. The molecule has 2 rings (SSSR count). The molecule has 23 heavy (non-hydrogen) atoms. The standard InChI is InChI=1S/C16H24N4O3/c1-12-3-4-14(13(17)11-12)19-16(22)15(21)18-5-2-6-20-7-9-23-10-8-20/h3-4,11H,2,5-10,17H2,1H3,(H,18,21)(H,19,22). The van der Waals surface area contributed by atoms with Crippen LogP contribution >= 0.6 is 0 Å². The molecule has 2 amide bonds. The lowest BCUT2D eigenvalue weighted by atomic mass is 10.2. The quantitative estimate of drug-likeness (QED) is 0.413. The van der Waals surface area contributed by atoms with E-state index in [4.69, 9.17) is 10.5 Å². The molecule has 1 aromatic rings. The smallest absolute Gasteiger partial charge is 0.313 e. The lowest BCUT2D eigenvalue weighted by molar-refractivity contribution is -0.136. The Kier molecular flexibility index (Phi) is 6.37. The number of benzene rings is 1. The number of nitrogens with two attached hydrogens (primary N) is 1. The van der Waals surface area contributed by atoms with Gasteiger partial charge in [-0.25, -0.2) is 0 Å². The second kappa shape index (κ2) is 8.50. The average molecular weight is 320 g/mol. The van der Waals surface area contributed by atoms with Crippen molar-refractivity contribution in [3.8, 4) is 0 Å². The maximum absolute atomic E-state index is 11.8. The van der Waals surface area contributed by atoms with Crippen molar-refractivity contribution in [1.29, 1.82) is 0 Å². The van der Waals surface area contributed by atoms with Crippen LogP contribution in [0.15, 0.2) is 18.2 Å².